The zero-order chi connectivity index (χ0) is 14.1. The fourth-order valence-electron chi connectivity index (χ4n) is 4.07. The van der Waals surface area contributed by atoms with E-state index in [1.807, 2.05) is 6.20 Å². The van der Waals surface area contributed by atoms with Crippen LogP contribution in [0.1, 0.15) is 31.2 Å². The topological polar surface area (TPSA) is 22.3 Å². The van der Waals surface area contributed by atoms with E-state index in [1.54, 1.807) is 0 Å². The summed E-state index contributed by atoms with van der Waals surface area (Å²) >= 11 is 0. The van der Waals surface area contributed by atoms with Crippen LogP contribution in [0.15, 0.2) is 30.5 Å². The molecular formula is C18H25N3. The Morgan fingerprint density at radius 2 is 1.81 bits per heavy atom. The Bertz CT molecular complexity index is 589. The predicted molar refractivity (Wildman–Crippen MR) is 87.4 cm³/mol. The number of nitrogens with zero attached hydrogens (tertiary/aromatic N) is 2. The van der Waals surface area contributed by atoms with E-state index in [-0.39, 0.29) is 0 Å². The van der Waals surface area contributed by atoms with E-state index in [0.29, 0.717) is 0 Å². The second kappa shape index (κ2) is 5.82. The van der Waals surface area contributed by atoms with Gasteiger partial charge in [0.1, 0.15) is 0 Å². The summed E-state index contributed by atoms with van der Waals surface area (Å²) in [6.07, 6.45) is 7.57. The quantitative estimate of drug-likeness (QED) is 0.934. The Morgan fingerprint density at radius 3 is 2.62 bits per heavy atom. The molecule has 3 heteroatoms. The molecule has 2 fully saturated rings. The molecule has 2 aliphatic heterocycles. The molecule has 0 amide bonds. The summed E-state index contributed by atoms with van der Waals surface area (Å²) in [7, 11) is 0. The minimum Gasteiger partial charge on any atom is -0.361 e. The van der Waals surface area contributed by atoms with E-state index in [1.165, 1.54) is 68.3 Å². The van der Waals surface area contributed by atoms with Crippen molar-refractivity contribution in [2.45, 2.75) is 38.3 Å². The van der Waals surface area contributed by atoms with E-state index in [9.17, 15) is 0 Å². The fourth-order valence-corrected chi connectivity index (χ4v) is 4.07. The van der Waals surface area contributed by atoms with E-state index in [4.69, 9.17) is 0 Å². The van der Waals surface area contributed by atoms with Gasteiger partial charge in [-0.25, -0.2) is 0 Å². The first kappa shape index (κ1) is 13.4. The first-order chi connectivity index (χ1) is 10.4. The molecule has 0 aliphatic carbocycles. The highest BCUT2D eigenvalue weighted by Crippen LogP contribution is 2.24. The minimum absolute atomic E-state index is 0.852. The maximum atomic E-state index is 3.40. The van der Waals surface area contributed by atoms with Gasteiger partial charge >= 0.3 is 0 Å². The van der Waals surface area contributed by atoms with Crippen LogP contribution >= 0.6 is 0 Å². The third-order valence-corrected chi connectivity index (χ3v) is 5.28. The number of aromatic amines is 1. The molecule has 1 aromatic heterocycles. The Hall–Kier alpha value is -1.32. The van der Waals surface area contributed by atoms with Crippen molar-refractivity contribution in [1.82, 2.24) is 14.8 Å². The van der Waals surface area contributed by atoms with Gasteiger partial charge in [-0.2, -0.15) is 0 Å². The first-order valence-electron chi connectivity index (χ1n) is 8.41. The van der Waals surface area contributed by atoms with Gasteiger partial charge in [0, 0.05) is 24.3 Å². The summed E-state index contributed by atoms with van der Waals surface area (Å²) in [6, 6.07) is 9.66. The third-order valence-electron chi connectivity index (χ3n) is 5.28. The van der Waals surface area contributed by atoms with Crippen LogP contribution in [0.25, 0.3) is 10.9 Å². The van der Waals surface area contributed by atoms with Crippen LogP contribution in [0, 0.1) is 0 Å². The molecule has 112 valence electrons. The number of hydrogen-bond acceptors (Lipinski definition) is 2. The SMILES string of the molecule is c1cc(CN2CCC(N3CCCC3)CC2)c2[nH]ccc2c1. The summed E-state index contributed by atoms with van der Waals surface area (Å²) in [6.45, 7) is 6.26. The lowest BCUT2D eigenvalue weighted by Crippen LogP contribution is -2.43. The van der Waals surface area contributed by atoms with Gasteiger partial charge in [-0.3, -0.25) is 4.90 Å². The maximum Gasteiger partial charge on any atom is 0.0499 e. The lowest BCUT2D eigenvalue weighted by atomic mass is 10.0. The number of para-hydroxylation sites is 1. The van der Waals surface area contributed by atoms with E-state index in [0.717, 1.165) is 12.6 Å². The number of nitrogens with one attached hydrogen (secondary N) is 1. The summed E-state index contributed by atoms with van der Waals surface area (Å²) in [5, 5.41) is 1.33. The molecule has 1 aromatic carbocycles. The van der Waals surface area contributed by atoms with Crippen molar-refractivity contribution >= 4 is 10.9 Å². The van der Waals surface area contributed by atoms with E-state index >= 15 is 0 Å². The number of piperidine rings is 1. The largest absolute Gasteiger partial charge is 0.361 e. The first-order valence-corrected chi connectivity index (χ1v) is 8.41. The average molecular weight is 283 g/mol. The van der Waals surface area contributed by atoms with Crippen LogP contribution in [-0.4, -0.2) is 47.0 Å². The molecule has 3 nitrogen and oxygen atoms in total. The van der Waals surface area contributed by atoms with Crippen LogP contribution in [0.3, 0.4) is 0 Å². The average Bonchev–Trinajstić information content (AvgIpc) is 3.20. The van der Waals surface area contributed by atoms with Gasteiger partial charge in [-0.05, 0) is 68.9 Å². The molecule has 0 spiro atoms. The summed E-state index contributed by atoms with van der Waals surface area (Å²) in [5.41, 5.74) is 2.76. The van der Waals surface area contributed by atoms with Gasteiger partial charge < -0.3 is 9.88 Å². The summed E-state index contributed by atoms with van der Waals surface area (Å²) in [4.78, 5) is 8.75. The number of hydrogen-bond donors (Lipinski definition) is 1. The van der Waals surface area contributed by atoms with E-state index in [2.05, 4.69) is 39.0 Å². The number of likely N-dealkylation sites (tertiary alicyclic amines) is 2. The molecule has 2 aromatic rings. The third kappa shape index (κ3) is 2.72. The number of benzene rings is 1. The maximum absolute atomic E-state index is 3.40. The van der Waals surface area contributed by atoms with Crippen LogP contribution in [-0.2, 0) is 6.54 Å². The Kier molecular flexibility index (Phi) is 3.70. The molecule has 0 radical (unpaired) electrons. The van der Waals surface area contributed by atoms with E-state index < -0.39 is 0 Å². The number of fused-ring (bicyclic) bond motifs is 1. The molecular weight excluding hydrogens is 258 g/mol. The second-order valence-corrected chi connectivity index (χ2v) is 6.61. The fraction of sp³-hybridized carbons (Fsp3) is 0.556. The second-order valence-electron chi connectivity index (χ2n) is 6.61. The van der Waals surface area contributed by atoms with Crippen molar-refractivity contribution in [2.24, 2.45) is 0 Å². The highest BCUT2D eigenvalue weighted by molar-refractivity contribution is 5.82. The molecule has 1 N–H and O–H groups in total. The van der Waals surface area contributed by atoms with Crippen molar-refractivity contribution in [3.05, 3.63) is 36.0 Å². The molecule has 2 aliphatic rings. The van der Waals surface area contributed by atoms with Crippen molar-refractivity contribution in [3.8, 4) is 0 Å². The molecule has 0 saturated carbocycles. The zero-order valence-electron chi connectivity index (χ0n) is 12.7. The number of aromatic nitrogens is 1. The summed E-state index contributed by atoms with van der Waals surface area (Å²) in [5.74, 6) is 0. The molecule has 0 bridgehead atoms. The van der Waals surface area contributed by atoms with Crippen LogP contribution in [0.2, 0.25) is 0 Å². The van der Waals surface area contributed by atoms with Gasteiger partial charge in [0.05, 0.1) is 0 Å². The lowest BCUT2D eigenvalue weighted by molar-refractivity contribution is 0.123. The molecule has 3 heterocycles. The van der Waals surface area contributed by atoms with Crippen molar-refractivity contribution in [3.63, 3.8) is 0 Å². The smallest absolute Gasteiger partial charge is 0.0499 e. The lowest BCUT2D eigenvalue weighted by Gasteiger charge is -2.36. The highest BCUT2D eigenvalue weighted by atomic mass is 15.2. The zero-order valence-corrected chi connectivity index (χ0v) is 12.7. The minimum atomic E-state index is 0.852. The molecule has 0 atom stereocenters. The van der Waals surface area contributed by atoms with Crippen molar-refractivity contribution < 1.29 is 0 Å². The van der Waals surface area contributed by atoms with Crippen LogP contribution in [0.4, 0.5) is 0 Å². The van der Waals surface area contributed by atoms with Crippen molar-refractivity contribution in [1.29, 1.82) is 0 Å². The Labute approximate surface area is 126 Å². The van der Waals surface area contributed by atoms with Gasteiger partial charge in [-0.15, -0.1) is 0 Å². The summed E-state index contributed by atoms with van der Waals surface area (Å²) < 4.78 is 0. The van der Waals surface area contributed by atoms with Gasteiger partial charge in [-0.1, -0.05) is 18.2 Å². The Balaban J connectivity index is 1.39. The number of rotatable bonds is 3. The Morgan fingerprint density at radius 1 is 1.00 bits per heavy atom. The number of H-pyrrole nitrogens is 1. The van der Waals surface area contributed by atoms with Gasteiger partial charge in [0.25, 0.3) is 0 Å². The van der Waals surface area contributed by atoms with Crippen LogP contribution in [0.5, 0.6) is 0 Å². The predicted octanol–water partition coefficient (Wildman–Crippen LogP) is 3.23. The molecule has 0 unspecified atom stereocenters. The normalized spacial score (nSPS) is 22.3. The standard InChI is InChI=1S/C18H25N3/c1-2-11-21(10-1)17-7-12-20(13-8-17)14-16-5-3-4-15-6-9-19-18(15)16/h3-6,9,17,19H,1-2,7-8,10-14H2. The molecule has 2 saturated heterocycles. The van der Waals surface area contributed by atoms with Crippen LogP contribution < -0.4 is 0 Å². The van der Waals surface area contributed by atoms with Crippen molar-refractivity contribution in [2.75, 3.05) is 26.2 Å². The van der Waals surface area contributed by atoms with Gasteiger partial charge in [0.15, 0.2) is 0 Å². The highest BCUT2D eigenvalue weighted by Gasteiger charge is 2.26. The molecule has 4 rings (SSSR count). The molecule has 21 heavy (non-hydrogen) atoms. The van der Waals surface area contributed by atoms with Gasteiger partial charge in [0.2, 0.25) is 0 Å². The monoisotopic (exact) mass is 283 g/mol.